The second-order valence-corrected chi connectivity index (χ2v) is 6.02. The summed E-state index contributed by atoms with van der Waals surface area (Å²) in [6.07, 6.45) is -0.145. The number of benzene rings is 1. The normalized spacial score (nSPS) is 22.0. The van der Waals surface area contributed by atoms with E-state index in [1.807, 2.05) is 6.07 Å². The van der Waals surface area contributed by atoms with Crippen molar-refractivity contribution < 1.29 is 28.6 Å². The van der Waals surface area contributed by atoms with Crippen LogP contribution in [0, 0.1) is 5.41 Å². The molecule has 0 bridgehead atoms. The van der Waals surface area contributed by atoms with E-state index in [4.69, 9.17) is 14.2 Å². The lowest BCUT2D eigenvalue weighted by Gasteiger charge is -2.31. The molecule has 0 spiro atoms. The molecule has 6 heteroatoms. The number of carbonyl (C=O) groups is 3. The smallest absolute Gasteiger partial charge is 0.335 e. The molecule has 1 aliphatic heterocycles. The van der Waals surface area contributed by atoms with Crippen molar-refractivity contribution >= 4 is 17.9 Å². The Kier molecular flexibility index (Phi) is 6.55. The second-order valence-electron chi connectivity index (χ2n) is 6.02. The van der Waals surface area contributed by atoms with Gasteiger partial charge in [0.1, 0.15) is 11.5 Å². The fourth-order valence-electron chi connectivity index (χ4n) is 3.22. The molecule has 0 unspecified atom stereocenters. The first-order valence-electron chi connectivity index (χ1n) is 8.75. The summed E-state index contributed by atoms with van der Waals surface area (Å²) in [7, 11) is 0. The van der Waals surface area contributed by atoms with Gasteiger partial charge in [0.2, 0.25) is 0 Å². The summed E-state index contributed by atoms with van der Waals surface area (Å²) in [5.41, 5.74) is -0.599. The molecule has 0 N–H and O–H groups in total. The summed E-state index contributed by atoms with van der Waals surface area (Å²) in [6.45, 7) is 7.70. The van der Waals surface area contributed by atoms with Crippen LogP contribution < -0.4 is 0 Å². The molecule has 2 rings (SSSR count). The van der Waals surface area contributed by atoms with Crippen LogP contribution in [0.3, 0.4) is 0 Å². The van der Waals surface area contributed by atoms with E-state index in [2.05, 4.69) is 6.58 Å². The Morgan fingerprint density at radius 2 is 1.81 bits per heavy atom. The third-order valence-electron chi connectivity index (χ3n) is 4.46. The van der Waals surface area contributed by atoms with Crippen molar-refractivity contribution in [1.82, 2.24) is 0 Å². The van der Waals surface area contributed by atoms with Gasteiger partial charge in [0.05, 0.1) is 18.8 Å². The van der Waals surface area contributed by atoms with Gasteiger partial charge in [-0.25, -0.2) is 4.79 Å². The Morgan fingerprint density at radius 1 is 1.15 bits per heavy atom. The highest BCUT2D eigenvalue weighted by Gasteiger charge is 2.59. The molecule has 1 heterocycles. The Bertz CT molecular complexity index is 681. The average molecular weight is 360 g/mol. The SMILES string of the molecule is C=C1C(=O)O[C@@H](c2ccccc2)[C@]1(CCCC(=O)OCC)C(=O)OCC. The van der Waals surface area contributed by atoms with Gasteiger partial charge in [0, 0.05) is 6.42 Å². The lowest BCUT2D eigenvalue weighted by atomic mass is 9.71. The van der Waals surface area contributed by atoms with Crippen LogP contribution in [0.1, 0.15) is 44.8 Å². The van der Waals surface area contributed by atoms with E-state index in [1.54, 1.807) is 38.1 Å². The molecule has 6 nitrogen and oxygen atoms in total. The van der Waals surface area contributed by atoms with Gasteiger partial charge in [-0.3, -0.25) is 9.59 Å². The van der Waals surface area contributed by atoms with Crippen LogP contribution in [0.5, 0.6) is 0 Å². The van der Waals surface area contributed by atoms with Gasteiger partial charge in [0.15, 0.2) is 0 Å². The summed E-state index contributed by atoms with van der Waals surface area (Å²) in [4.78, 5) is 36.8. The molecule has 0 aromatic heterocycles. The molecular weight excluding hydrogens is 336 g/mol. The van der Waals surface area contributed by atoms with E-state index in [1.165, 1.54) is 0 Å². The summed E-state index contributed by atoms with van der Waals surface area (Å²) < 4.78 is 15.7. The third-order valence-corrected chi connectivity index (χ3v) is 4.46. The molecular formula is C20H24O6. The Hall–Kier alpha value is -2.63. The largest absolute Gasteiger partial charge is 0.466 e. The van der Waals surface area contributed by atoms with Crippen LogP contribution in [-0.4, -0.2) is 31.1 Å². The molecule has 26 heavy (non-hydrogen) atoms. The van der Waals surface area contributed by atoms with Crippen molar-refractivity contribution in [1.29, 1.82) is 0 Å². The molecule has 1 saturated heterocycles. The molecule has 1 aromatic carbocycles. The van der Waals surface area contributed by atoms with E-state index in [9.17, 15) is 14.4 Å². The molecule has 0 radical (unpaired) electrons. The highest BCUT2D eigenvalue weighted by atomic mass is 16.6. The minimum atomic E-state index is -1.35. The third kappa shape index (κ3) is 3.79. The van der Waals surface area contributed by atoms with E-state index >= 15 is 0 Å². The van der Waals surface area contributed by atoms with E-state index in [0.717, 1.165) is 0 Å². The predicted octanol–water partition coefficient (Wildman–Crippen LogP) is 3.12. The van der Waals surface area contributed by atoms with Crippen molar-refractivity contribution in [3.8, 4) is 0 Å². The maximum Gasteiger partial charge on any atom is 0.335 e. The van der Waals surface area contributed by atoms with Crippen molar-refractivity contribution in [3.63, 3.8) is 0 Å². The first-order chi connectivity index (χ1) is 12.5. The van der Waals surface area contributed by atoms with Gasteiger partial charge in [-0.15, -0.1) is 0 Å². The second kappa shape index (κ2) is 8.65. The highest BCUT2D eigenvalue weighted by Crippen LogP contribution is 2.52. The molecule has 1 aromatic rings. The lowest BCUT2D eigenvalue weighted by molar-refractivity contribution is -0.159. The van der Waals surface area contributed by atoms with Gasteiger partial charge in [-0.1, -0.05) is 36.9 Å². The fourth-order valence-corrected chi connectivity index (χ4v) is 3.22. The predicted molar refractivity (Wildman–Crippen MR) is 94.0 cm³/mol. The zero-order chi connectivity index (χ0) is 19.2. The number of hydrogen-bond donors (Lipinski definition) is 0. The van der Waals surface area contributed by atoms with Crippen LogP contribution in [0.25, 0.3) is 0 Å². The summed E-state index contributed by atoms with van der Waals surface area (Å²) in [5, 5.41) is 0. The van der Waals surface area contributed by atoms with Crippen LogP contribution in [-0.2, 0) is 28.6 Å². The number of ether oxygens (including phenoxy) is 3. The minimum absolute atomic E-state index is 0.0636. The van der Waals surface area contributed by atoms with Gasteiger partial charge in [-0.2, -0.15) is 0 Å². The first-order valence-corrected chi connectivity index (χ1v) is 8.75. The first kappa shape index (κ1) is 19.7. The zero-order valence-corrected chi connectivity index (χ0v) is 15.2. The van der Waals surface area contributed by atoms with Gasteiger partial charge in [0.25, 0.3) is 0 Å². The molecule has 1 aliphatic rings. The highest BCUT2D eigenvalue weighted by molar-refractivity contribution is 6.01. The average Bonchev–Trinajstić information content (AvgIpc) is 2.89. The Balaban J connectivity index is 2.35. The van der Waals surface area contributed by atoms with Crippen molar-refractivity contribution in [3.05, 3.63) is 48.0 Å². The molecule has 0 aliphatic carbocycles. The van der Waals surface area contributed by atoms with Gasteiger partial charge in [-0.05, 0) is 32.3 Å². The minimum Gasteiger partial charge on any atom is -0.466 e. The van der Waals surface area contributed by atoms with Crippen LogP contribution in [0.4, 0.5) is 0 Å². The summed E-state index contributed by atoms with van der Waals surface area (Å²) in [5.74, 6) is -1.53. The Morgan fingerprint density at radius 3 is 2.42 bits per heavy atom. The van der Waals surface area contributed by atoms with E-state index in [-0.39, 0.29) is 31.0 Å². The zero-order valence-electron chi connectivity index (χ0n) is 15.2. The van der Waals surface area contributed by atoms with Crippen LogP contribution in [0.2, 0.25) is 0 Å². The molecule has 0 amide bonds. The topological polar surface area (TPSA) is 78.9 Å². The lowest BCUT2D eigenvalue weighted by Crippen LogP contribution is -2.37. The summed E-state index contributed by atoms with van der Waals surface area (Å²) in [6, 6.07) is 9.02. The molecule has 140 valence electrons. The molecule has 0 saturated carbocycles. The Labute approximate surface area is 153 Å². The molecule has 1 fully saturated rings. The van der Waals surface area contributed by atoms with Crippen LogP contribution >= 0.6 is 0 Å². The maximum absolute atomic E-state index is 12.9. The van der Waals surface area contributed by atoms with Crippen LogP contribution in [0.15, 0.2) is 42.5 Å². The number of carbonyl (C=O) groups excluding carboxylic acids is 3. The number of esters is 3. The van der Waals surface area contributed by atoms with E-state index < -0.39 is 23.5 Å². The monoisotopic (exact) mass is 360 g/mol. The van der Waals surface area contributed by atoms with E-state index in [0.29, 0.717) is 18.6 Å². The van der Waals surface area contributed by atoms with Crippen molar-refractivity contribution in [2.45, 2.75) is 39.2 Å². The quantitative estimate of drug-likeness (QED) is 0.403. The molecule has 2 atom stereocenters. The summed E-state index contributed by atoms with van der Waals surface area (Å²) >= 11 is 0. The van der Waals surface area contributed by atoms with Crippen molar-refractivity contribution in [2.24, 2.45) is 5.41 Å². The van der Waals surface area contributed by atoms with Gasteiger partial charge >= 0.3 is 17.9 Å². The van der Waals surface area contributed by atoms with Crippen molar-refractivity contribution in [2.75, 3.05) is 13.2 Å². The standard InChI is InChI=1S/C20H24O6/c1-4-24-16(21)12-9-13-20(19(23)25-5-2)14(3)18(22)26-17(20)15-10-7-6-8-11-15/h6-8,10-11,17H,3-5,9,12-13H2,1-2H3/t17-,20+/m0/s1. The number of rotatable bonds is 8. The number of hydrogen-bond acceptors (Lipinski definition) is 6. The fraction of sp³-hybridized carbons (Fsp3) is 0.450. The number of cyclic esters (lactones) is 1. The maximum atomic E-state index is 12.9. The van der Waals surface area contributed by atoms with Gasteiger partial charge < -0.3 is 14.2 Å².